The number of nitrogens with zero attached hydrogens (tertiary/aromatic N) is 2. The second-order valence-electron chi connectivity index (χ2n) is 13.9. The molecule has 4 rings (SSSR count). The highest BCUT2D eigenvalue weighted by Gasteiger charge is 2.21. The number of aromatic nitrogens is 1. The zero-order valence-electron chi connectivity index (χ0n) is 30.9. The van der Waals surface area contributed by atoms with E-state index in [0.29, 0.717) is 18.5 Å². The second-order valence-corrected chi connectivity index (χ2v) is 13.9. The van der Waals surface area contributed by atoms with Gasteiger partial charge >= 0.3 is 0 Å². The minimum Gasteiger partial charge on any atom is -0.370 e. The van der Waals surface area contributed by atoms with Gasteiger partial charge in [-0.1, -0.05) is 89.3 Å². The van der Waals surface area contributed by atoms with Gasteiger partial charge in [-0.3, -0.25) is 4.79 Å². The Balaban J connectivity index is 1.87. The van der Waals surface area contributed by atoms with Crippen molar-refractivity contribution in [3.63, 3.8) is 0 Å². The Kier molecular flexibility index (Phi) is 13.1. The fourth-order valence-corrected chi connectivity index (χ4v) is 6.28. The molecule has 1 heterocycles. The molecule has 1 aliphatic rings. The van der Waals surface area contributed by atoms with Gasteiger partial charge in [-0.05, 0) is 85.5 Å². The summed E-state index contributed by atoms with van der Waals surface area (Å²) in [4.78, 5) is 17.0. The van der Waals surface area contributed by atoms with Gasteiger partial charge in [-0.25, -0.2) is 0 Å². The molecule has 258 valence electrons. The average Bonchev–Trinajstić information content (AvgIpc) is 3.34. The van der Waals surface area contributed by atoms with Crippen LogP contribution in [0.2, 0.25) is 0 Å². The Labute approximate surface area is 289 Å². The molecule has 1 atom stereocenters. The summed E-state index contributed by atoms with van der Waals surface area (Å²) in [6.45, 7) is 21.7. The highest BCUT2D eigenvalue weighted by Crippen LogP contribution is 2.29. The van der Waals surface area contributed by atoms with Crippen LogP contribution in [0.4, 0.5) is 5.69 Å². The van der Waals surface area contributed by atoms with Gasteiger partial charge in [0.1, 0.15) is 6.23 Å². The van der Waals surface area contributed by atoms with Crippen LogP contribution in [0.15, 0.2) is 88.9 Å². The molecule has 2 aromatic carbocycles. The van der Waals surface area contributed by atoms with Crippen molar-refractivity contribution < 1.29 is 4.74 Å². The van der Waals surface area contributed by atoms with Crippen LogP contribution in [0.5, 0.6) is 0 Å². The minimum absolute atomic E-state index is 0.0395. The number of likely N-dealkylation sites (N-methyl/N-ethyl adjacent to an activating group) is 2. The molecule has 2 N–H and O–H groups in total. The number of benzene rings is 2. The topological polar surface area (TPSA) is 58.5 Å². The summed E-state index contributed by atoms with van der Waals surface area (Å²) in [6.07, 6.45) is 14.9. The molecule has 1 unspecified atom stereocenters. The summed E-state index contributed by atoms with van der Waals surface area (Å²) in [5.74, 6) is 0. The summed E-state index contributed by atoms with van der Waals surface area (Å²) in [6, 6.07) is 13.3. The smallest absolute Gasteiger partial charge is 0.198 e. The maximum Gasteiger partial charge on any atom is 0.198 e. The lowest BCUT2D eigenvalue weighted by molar-refractivity contribution is 0.0891. The van der Waals surface area contributed by atoms with Crippen molar-refractivity contribution >= 4 is 22.3 Å². The Hall–Kier alpha value is -3.87. The largest absolute Gasteiger partial charge is 0.370 e. The van der Waals surface area contributed by atoms with E-state index in [9.17, 15) is 4.79 Å². The number of hydrogen-bond acceptors (Lipinski definition) is 5. The Morgan fingerprint density at radius 3 is 2.48 bits per heavy atom. The van der Waals surface area contributed by atoms with Gasteiger partial charge in [0, 0.05) is 62.7 Å². The summed E-state index contributed by atoms with van der Waals surface area (Å²) in [7, 11) is 1.73. The molecular weight excluding hydrogens is 592 g/mol. The Morgan fingerprint density at radius 2 is 1.83 bits per heavy atom. The third-order valence-electron chi connectivity index (χ3n) is 9.41. The minimum atomic E-state index is -0.289. The van der Waals surface area contributed by atoms with Crippen molar-refractivity contribution in [2.45, 2.75) is 92.8 Å². The molecule has 0 bridgehead atoms. The third-order valence-corrected chi connectivity index (χ3v) is 9.41. The zero-order chi connectivity index (χ0) is 34.8. The van der Waals surface area contributed by atoms with Crippen molar-refractivity contribution in [2.24, 2.45) is 0 Å². The van der Waals surface area contributed by atoms with Crippen molar-refractivity contribution in [1.29, 1.82) is 0 Å². The predicted molar refractivity (Wildman–Crippen MR) is 206 cm³/mol. The van der Waals surface area contributed by atoms with E-state index in [0.717, 1.165) is 66.8 Å². The first kappa shape index (κ1) is 37.0. The molecule has 6 nitrogen and oxygen atoms in total. The lowest BCUT2D eigenvalue weighted by atomic mass is 9.87. The molecule has 0 spiro atoms. The zero-order valence-corrected chi connectivity index (χ0v) is 30.9. The van der Waals surface area contributed by atoms with Gasteiger partial charge in [0.2, 0.25) is 0 Å². The van der Waals surface area contributed by atoms with Crippen LogP contribution in [0.3, 0.4) is 0 Å². The van der Waals surface area contributed by atoms with Crippen molar-refractivity contribution in [3.8, 4) is 0 Å². The van der Waals surface area contributed by atoms with Gasteiger partial charge in [-0.2, -0.15) is 0 Å². The van der Waals surface area contributed by atoms with Crippen molar-refractivity contribution in [1.82, 2.24) is 15.2 Å². The van der Waals surface area contributed by atoms with Crippen LogP contribution in [0, 0.1) is 6.92 Å². The molecule has 0 radical (unpaired) electrons. The van der Waals surface area contributed by atoms with Gasteiger partial charge in [0.15, 0.2) is 5.43 Å². The lowest BCUT2D eigenvalue weighted by Crippen LogP contribution is -2.33. The average molecular weight is 651 g/mol. The van der Waals surface area contributed by atoms with Crippen LogP contribution >= 0.6 is 0 Å². The van der Waals surface area contributed by atoms with Crippen LogP contribution in [0.1, 0.15) is 90.0 Å². The molecule has 1 aromatic heterocycles. The summed E-state index contributed by atoms with van der Waals surface area (Å²) >= 11 is 0. The Bertz CT molecular complexity index is 1720. The molecule has 0 aliphatic heterocycles. The van der Waals surface area contributed by atoms with Crippen LogP contribution in [-0.2, 0) is 16.7 Å². The fourth-order valence-electron chi connectivity index (χ4n) is 6.28. The molecule has 0 fully saturated rings. The van der Waals surface area contributed by atoms with Crippen LogP contribution in [-0.4, -0.2) is 44.1 Å². The number of methoxy groups -OCH3 is 1. The number of aryl methyl sites for hydroxylation is 1. The summed E-state index contributed by atoms with van der Waals surface area (Å²) in [5.41, 5.74) is 9.71. The van der Waals surface area contributed by atoms with Crippen molar-refractivity contribution in [2.75, 3.05) is 38.2 Å². The van der Waals surface area contributed by atoms with Crippen LogP contribution in [0.25, 0.3) is 16.6 Å². The van der Waals surface area contributed by atoms with E-state index in [2.05, 4.69) is 148 Å². The van der Waals surface area contributed by atoms with Crippen LogP contribution < -0.4 is 21.0 Å². The highest BCUT2D eigenvalue weighted by molar-refractivity contribution is 5.87. The van der Waals surface area contributed by atoms with Gasteiger partial charge < -0.3 is 24.8 Å². The first-order chi connectivity index (χ1) is 23.0. The van der Waals surface area contributed by atoms with E-state index in [4.69, 9.17) is 4.74 Å². The quantitative estimate of drug-likeness (QED) is 0.127. The van der Waals surface area contributed by atoms with E-state index >= 15 is 0 Å². The summed E-state index contributed by atoms with van der Waals surface area (Å²) in [5, 5.41) is 7.87. The van der Waals surface area contributed by atoms with E-state index < -0.39 is 0 Å². The van der Waals surface area contributed by atoms with Gasteiger partial charge in [-0.15, -0.1) is 0 Å². The molecule has 48 heavy (non-hydrogen) atoms. The number of ether oxygens (including phenoxy) is 1. The number of rotatable bonds is 15. The second kappa shape index (κ2) is 17.0. The number of pyridine rings is 1. The monoisotopic (exact) mass is 650 g/mol. The van der Waals surface area contributed by atoms with E-state index in [1.54, 1.807) is 7.11 Å². The molecule has 0 saturated carbocycles. The van der Waals surface area contributed by atoms with Gasteiger partial charge in [0.05, 0.1) is 11.1 Å². The lowest BCUT2D eigenvalue weighted by Gasteiger charge is -2.27. The number of hydrogen-bond donors (Lipinski definition) is 2. The first-order valence-corrected chi connectivity index (χ1v) is 17.7. The standard InChI is InChI=1S/C42H58N4O2/c1-10-30(4)40(44-39(48-9)26-32-17-15-13-14-16-18-32)36-29-46(28-33-19-21-34(22-20-33)42(6,7)8)38-27-37(31(5)25-35(38)41(36)47)45(12-3)24-23-43-11-2/h13-15,17-22,25,27,29,39,43-44H,10-12,16,23-24,26,28H2,1-9H3. The molecule has 3 aromatic rings. The maximum atomic E-state index is 14.6. The molecule has 0 amide bonds. The molecular formula is C42H58N4O2. The fraction of sp³-hybridized carbons (Fsp3) is 0.452. The predicted octanol–water partition coefficient (Wildman–Crippen LogP) is 8.63. The molecule has 1 aliphatic carbocycles. The number of nitrogens with one attached hydrogen (secondary N) is 2. The van der Waals surface area contributed by atoms with Gasteiger partial charge in [0.25, 0.3) is 0 Å². The van der Waals surface area contributed by atoms with E-state index in [-0.39, 0.29) is 17.1 Å². The number of anilines is 1. The maximum absolute atomic E-state index is 14.6. The molecule has 6 heteroatoms. The van der Waals surface area contributed by atoms with E-state index in [1.165, 1.54) is 22.4 Å². The normalized spacial score (nSPS) is 14.5. The van der Waals surface area contributed by atoms with Crippen molar-refractivity contribution in [3.05, 3.63) is 117 Å². The van der Waals surface area contributed by atoms with E-state index in [1.807, 2.05) is 0 Å². The summed E-state index contributed by atoms with van der Waals surface area (Å²) < 4.78 is 8.26. The third kappa shape index (κ3) is 9.18. The first-order valence-electron chi connectivity index (χ1n) is 17.7. The number of fused-ring (bicyclic) bond motifs is 1. The SMILES string of the molecule is CCNCCN(CC)c1cc2c(cc1C)c(=O)c(C(NC(CC1=CCC=CC=C1)OC)=C(C)CC)cn2Cc1ccc(C(C)(C)C)cc1. The number of allylic oxidation sites excluding steroid dienone is 6. The highest BCUT2D eigenvalue weighted by atomic mass is 16.5. The molecule has 0 saturated heterocycles. The Morgan fingerprint density at radius 1 is 1.08 bits per heavy atom.